The number of hydrogen-bond donors (Lipinski definition) is 0. The first-order valence-corrected chi connectivity index (χ1v) is 6.82. The van der Waals surface area contributed by atoms with Gasteiger partial charge in [-0.05, 0) is 37.4 Å². The first-order valence-electron chi connectivity index (χ1n) is 6.82. The highest BCUT2D eigenvalue weighted by atomic mass is 16.5. The molecule has 1 aromatic heterocycles. The number of ether oxygens (including phenoxy) is 1. The minimum Gasteiger partial charge on any atom is -0.495 e. The van der Waals surface area contributed by atoms with Gasteiger partial charge in [-0.15, -0.1) is 0 Å². The number of methoxy groups -OCH3 is 1. The Balaban J connectivity index is 2.33. The molecular formula is C16H22N2O. The zero-order chi connectivity index (χ0) is 13.7. The predicted molar refractivity (Wildman–Crippen MR) is 78.9 cm³/mol. The van der Waals surface area contributed by atoms with Gasteiger partial charge in [-0.2, -0.15) is 0 Å². The highest BCUT2D eigenvalue weighted by Gasteiger charge is 2.10. The highest BCUT2D eigenvalue weighted by molar-refractivity contribution is 5.48. The second kappa shape index (κ2) is 6.43. The average molecular weight is 258 g/mol. The number of para-hydroxylation sites is 2. The van der Waals surface area contributed by atoms with E-state index in [0.717, 1.165) is 31.1 Å². The lowest BCUT2D eigenvalue weighted by Gasteiger charge is -2.20. The van der Waals surface area contributed by atoms with Gasteiger partial charge in [-0.1, -0.05) is 26.0 Å². The maximum absolute atomic E-state index is 5.45. The third-order valence-electron chi connectivity index (χ3n) is 3.46. The van der Waals surface area contributed by atoms with Crippen molar-refractivity contribution in [2.45, 2.75) is 20.4 Å². The van der Waals surface area contributed by atoms with E-state index in [4.69, 9.17) is 4.74 Å². The van der Waals surface area contributed by atoms with Gasteiger partial charge in [0, 0.05) is 18.4 Å². The van der Waals surface area contributed by atoms with Crippen molar-refractivity contribution in [3.05, 3.63) is 48.3 Å². The van der Waals surface area contributed by atoms with Crippen molar-refractivity contribution in [1.82, 2.24) is 9.47 Å². The summed E-state index contributed by atoms with van der Waals surface area (Å²) in [6.45, 7) is 7.47. The maximum atomic E-state index is 5.45. The van der Waals surface area contributed by atoms with E-state index in [1.807, 2.05) is 18.2 Å². The lowest BCUT2D eigenvalue weighted by Crippen LogP contribution is -2.23. The van der Waals surface area contributed by atoms with Gasteiger partial charge >= 0.3 is 0 Å². The van der Waals surface area contributed by atoms with Gasteiger partial charge < -0.3 is 9.30 Å². The van der Waals surface area contributed by atoms with Crippen LogP contribution in [-0.4, -0.2) is 29.7 Å². The highest BCUT2D eigenvalue weighted by Crippen LogP contribution is 2.24. The zero-order valence-electron chi connectivity index (χ0n) is 12.0. The molecule has 3 heteroatoms. The summed E-state index contributed by atoms with van der Waals surface area (Å²) in [6, 6.07) is 12.4. The molecule has 1 heterocycles. The molecule has 1 aromatic carbocycles. The fourth-order valence-electron chi connectivity index (χ4n) is 2.29. The standard InChI is InChI=1S/C16H22N2O/c1-4-17(5-2)13-14-9-8-12-18(14)15-10-6-7-11-16(15)19-3/h6-12H,4-5,13H2,1-3H3. The molecule has 3 nitrogen and oxygen atoms in total. The van der Waals surface area contributed by atoms with Crippen molar-refractivity contribution >= 4 is 0 Å². The number of aromatic nitrogens is 1. The summed E-state index contributed by atoms with van der Waals surface area (Å²) >= 11 is 0. The van der Waals surface area contributed by atoms with Crippen molar-refractivity contribution < 1.29 is 4.74 Å². The maximum Gasteiger partial charge on any atom is 0.142 e. The number of nitrogens with zero attached hydrogens (tertiary/aromatic N) is 2. The smallest absolute Gasteiger partial charge is 0.142 e. The Hall–Kier alpha value is -1.74. The van der Waals surface area contributed by atoms with E-state index in [0.29, 0.717) is 0 Å². The van der Waals surface area contributed by atoms with Crippen molar-refractivity contribution in [2.24, 2.45) is 0 Å². The van der Waals surface area contributed by atoms with E-state index < -0.39 is 0 Å². The van der Waals surface area contributed by atoms with Crippen molar-refractivity contribution in [2.75, 3.05) is 20.2 Å². The SMILES string of the molecule is CCN(CC)Cc1cccn1-c1ccccc1OC. The summed E-state index contributed by atoms with van der Waals surface area (Å²) in [5.41, 5.74) is 2.38. The average Bonchev–Trinajstić information content (AvgIpc) is 2.92. The molecule has 0 bridgehead atoms. The number of benzene rings is 1. The Morgan fingerprint density at radius 3 is 2.47 bits per heavy atom. The lowest BCUT2D eigenvalue weighted by molar-refractivity contribution is 0.290. The van der Waals surface area contributed by atoms with Crippen LogP contribution in [0.25, 0.3) is 5.69 Å². The first kappa shape index (κ1) is 13.7. The third kappa shape index (κ3) is 2.99. The molecule has 0 radical (unpaired) electrons. The van der Waals surface area contributed by atoms with E-state index in [9.17, 15) is 0 Å². The molecule has 102 valence electrons. The van der Waals surface area contributed by atoms with Gasteiger partial charge in [0.25, 0.3) is 0 Å². The predicted octanol–water partition coefficient (Wildman–Crippen LogP) is 3.33. The Morgan fingerprint density at radius 1 is 1.05 bits per heavy atom. The summed E-state index contributed by atoms with van der Waals surface area (Å²) in [5.74, 6) is 0.902. The fraction of sp³-hybridized carbons (Fsp3) is 0.375. The number of rotatable bonds is 6. The second-order valence-electron chi connectivity index (χ2n) is 4.50. The Labute approximate surface area is 115 Å². The minimum atomic E-state index is 0.902. The summed E-state index contributed by atoms with van der Waals surface area (Å²) in [6.07, 6.45) is 2.09. The molecule has 0 aliphatic heterocycles. The fourth-order valence-corrected chi connectivity index (χ4v) is 2.29. The molecular weight excluding hydrogens is 236 g/mol. The number of hydrogen-bond acceptors (Lipinski definition) is 2. The van der Waals surface area contributed by atoms with Crippen LogP contribution in [0.15, 0.2) is 42.6 Å². The molecule has 2 rings (SSSR count). The van der Waals surface area contributed by atoms with Crippen molar-refractivity contribution in [1.29, 1.82) is 0 Å². The van der Waals surface area contributed by atoms with Crippen LogP contribution in [0, 0.1) is 0 Å². The molecule has 0 spiro atoms. The van der Waals surface area contributed by atoms with Gasteiger partial charge in [0.05, 0.1) is 12.8 Å². The summed E-state index contributed by atoms with van der Waals surface area (Å²) in [5, 5.41) is 0. The van der Waals surface area contributed by atoms with Gasteiger partial charge in [-0.25, -0.2) is 0 Å². The van der Waals surface area contributed by atoms with Crippen LogP contribution >= 0.6 is 0 Å². The lowest BCUT2D eigenvalue weighted by atomic mass is 10.2. The molecule has 0 unspecified atom stereocenters. The third-order valence-corrected chi connectivity index (χ3v) is 3.46. The van der Waals surface area contributed by atoms with Gasteiger partial charge in [-0.3, -0.25) is 4.90 Å². The second-order valence-corrected chi connectivity index (χ2v) is 4.50. The molecule has 0 saturated carbocycles. The van der Waals surface area contributed by atoms with E-state index in [2.05, 4.69) is 47.7 Å². The van der Waals surface area contributed by atoms with Crippen LogP contribution < -0.4 is 4.74 Å². The van der Waals surface area contributed by atoms with Crippen LogP contribution in [0.1, 0.15) is 19.5 Å². The molecule has 0 fully saturated rings. The molecule has 0 aliphatic rings. The molecule has 0 saturated heterocycles. The molecule has 2 aromatic rings. The van der Waals surface area contributed by atoms with E-state index in [1.54, 1.807) is 7.11 Å². The first-order chi connectivity index (χ1) is 9.30. The molecule has 0 N–H and O–H groups in total. The summed E-state index contributed by atoms with van der Waals surface area (Å²) in [4.78, 5) is 2.40. The van der Waals surface area contributed by atoms with Crippen molar-refractivity contribution in [3.8, 4) is 11.4 Å². The van der Waals surface area contributed by atoms with E-state index >= 15 is 0 Å². The topological polar surface area (TPSA) is 17.4 Å². The molecule has 0 amide bonds. The Kier molecular flexibility index (Phi) is 4.63. The van der Waals surface area contributed by atoms with Crippen LogP contribution in [0.4, 0.5) is 0 Å². The van der Waals surface area contributed by atoms with Crippen LogP contribution in [0.3, 0.4) is 0 Å². The summed E-state index contributed by atoms with van der Waals surface area (Å²) < 4.78 is 7.65. The zero-order valence-corrected chi connectivity index (χ0v) is 12.0. The quantitative estimate of drug-likeness (QED) is 0.790. The van der Waals surface area contributed by atoms with Crippen molar-refractivity contribution in [3.63, 3.8) is 0 Å². The van der Waals surface area contributed by atoms with Crippen LogP contribution in [-0.2, 0) is 6.54 Å². The largest absolute Gasteiger partial charge is 0.495 e. The molecule has 0 aliphatic carbocycles. The summed E-state index contributed by atoms with van der Waals surface area (Å²) in [7, 11) is 1.71. The monoisotopic (exact) mass is 258 g/mol. The molecule has 0 atom stereocenters. The van der Waals surface area contributed by atoms with Gasteiger partial charge in [0.1, 0.15) is 5.75 Å². The normalized spacial score (nSPS) is 10.9. The van der Waals surface area contributed by atoms with Crippen LogP contribution in [0.2, 0.25) is 0 Å². The van der Waals surface area contributed by atoms with E-state index in [-0.39, 0.29) is 0 Å². The Morgan fingerprint density at radius 2 is 1.79 bits per heavy atom. The minimum absolute atomic E-state index is 0.902. The van der Waals surface area contributed by atoms with Gasteiger partial charge in [0.15, 0.2) is 0 Å². The van der Waals surface area contributed by atoms with Gasteiger partial charge in [0.2, 0.25) is 0 Å². The van der Waals surface area contributed by atoms with Crippen LogP contribution in [0.5, 0.6) is 5.75 Å². The van der Waals surface area contributed by atoms with E-state index in [1.165, 1.54) is 5.69 Å². The molecule has 19 heavy (non-hydrogen) atoms. The Bertz CT molecular complexity index is 515.